The van der Waals surface area contributed by atoms with E-state index in [1.165, 1.54) is 0 Å². The first-order chi connectivity index (χ1) is 17.0. The lowest BCUT2D eigenvalue weighted by Crippen LogP contribution is -2.67. The van der Waals surface area contributed by atoms with Crippen molar-refractivity contribution in [3.63, 3.8) is 0 Å². The van der Waals surface area contributed by atoms with Crippen LogP contribution in [0.1, 0.15) is 51.7 Å². The predicted octanol–water partition coefficient (Wildman–Crippen LogP) is 3.99. The second-order valence-electron chi connectivity index (χ2n) is 11.4. The molecule has 2 N–H and O–H groups in total. The molecular weight excluding hydrogens is 456 g/mol. The lowest BCUT2D eigenvalue weighted by molar-refractivity contribution is -0.946. The summed E-state index contributed by atoms with van der Waals surface area (Å²) < 4.78 is 12.3. The molecule has 2 bridgehead atoms. The maximum atomic E-state index is 13.7. The van der Waals surface area contributed by atoms with Gasteiger partial charge in [-0.1, -0.05) is 60.7 Å². The molecule has 0 saturated carbocycles. The Kier molecular flexibility index (Phi) is 7.43. The number of benzene rings is 2. The van der Waals surface area contributed by atoms with E-state index in [-0.39, 0.29) is 18.1 Å². The van der Waals surface area contributed by atoms with E-state index in [0.29, 0.717) is 17.7 Å². The first-order valence-electron chi connectivity index (χ1n) is 12.9. The Balaban J connectivity index is 1.48. The maximum Gasteiger partial charge on any atom is 0.408 e. The molecule has 0 aromatic heterocycles. The summed E-state index contributed by atoms with van der Waals surface area (Å²) in [6, 6.07) is 17.9. The number of nitrogens with one attached hydrogen (secondary N) is 1. The number of carbonyl (C=O) groups excluding carboxylic acids is 2. The average molecular weight is 496 g/mol. The van der Waals surface area contributed by atoms with Gasteiger partial charge in [0.1, 0.15) is 12.1 Å². The molecule has 0 aliphatic carbocycles. The van der Waals surface area contributed by atoms with E-state index >= 15 is 0 Å². The molecule has 5 rings (SSSR count). The van der Waals surface area contributed by atoms with Gasteiger partial charge >= 0.3 is 12.1 Å². The van der Waals surface area contributed by atoms with Crippen LogP contribution >= 0.6 is 0 Å². The van der Waals surface area contributed by atoms with Crippen LogP contribution in [0.3, 0.4) is 0 Å². The monoisotopic (exact) mass is 495 g/mol. The van der Waals surface area contributed by atoms with Crippen LogP contribution in [0.15, 0.2) is 60.7 Å². The van der Waals surface area contributed by atoms with Gasteiger partial charge in [-0.2, -0.15) is 0 Å². The molecule has 1 amide bonds. The van der Waals surface area contributed by atoms with Crippen molar-refractivity contribution >= 4 is 12.1 Å². The number of alkyl carbamates (subject to hydrolysis) is 1. The third-order valence-electron chi connectivity index (χ3n) is 7.40. The summed E-state index contributed by atoms with van der Waals surface area (Å²) in [6.45, 7) is 10.9. The van der Waals surface area contributed by atoms with Crippen molar-refractivity contribution in [2.45, 2.75) is 63.9 Å². The molecule has 0 radical (unpaired) electrons. The molecule has 2 atom stereocenters. The number of ether oxygens (including phenoxy) is 2. The van der Waals surface area contributed by atoms with Crippen molar-refractivity contribution in [2.24, 2.45) is 5.92 Å². The van der Waals surface area contributed by atoms with Gasteiger partial charge in [-0.15, -0.1) is 0 Å². The van der Waals surface area contributed by atoms with Gasteiger partial charge in [0.05, 0.1) is 25.7 Å². The summed E-state index contributed by atoms with van der Waals surface area (Å²) in [5, 5.41) is 14.7. The van der Waals surface area contributed by atoms with Crippen LogP contribution in [-0.4, -0.2) is 65.6 Å². The summed E-state index contributed by atoms with van der Waals surface area (Å²) in [4.78, 5) is 25.9. The fraction of sp³-hybridized carbons (Fsp3) is 0.517. The molecule has 194 valence electrons. The number of carbonyl (C=O) groups is 2. The van der Waals surface area contributed by atoms with Gasteiger partial charge in [-0.3, -0.25) is 0 Å². The van der Waals surface area contributed by atoms with Crippen LogP contribution in [0.4, 0.5) is 4.79 Å². The molecule has 0 unspecified atom stereocenters. The van der Waals surface area contributed by atoms with Gasteiger partial charge in [-0.05, 0) is 38.8 Å². The summed E-state index contributed by atoms with van der Waals surface area (Å²) in [5.41, 5.74) is -1.46. The Labute approximate surface area is 214 Å². The van der Waals surface area contributed by atoms with Crippen LogP contribution < -0.4 is 5.32 Å². The van der Waals surface area contributed by atoms with E-state index < -0.39 is 23.3 Å². The standard InChI is InChI=1S/C29H38N2O5/c1-21(30-27(33)36-28(2,3)4)19-31-17-15-22(16-18-31)25(20-31)35-26(32)29(34,23-11-7-5-8-12-23)24-13-9-6-10-14-24/h5-14,21-22,25,34H,15-20H2,1-4H3/p+1/t21-,22?,25+,31?/m1/s1. The van der Waals surface area contributed by atoms with Crippen LogP contribution in [-0.2, 0) is 19.9 Å². The molecule has 3 fully saturated rings. The molecule has 3 heterocycles. The highest BCUT2D eigenvalue weighted by molar-refractivity contribution is 5.85. The van der Waals surface area contributed by atoms with E-state index in [1.807, 2.05) is 64.1 Å². The number of hydrogen-bond donors (Lipinski definition) is 2. The zero-order valence-corrected chi connectivity index (χ0v) is 21.8. The number of amides is 1. The molecule has 7 nitrogen and oxygen atoms in total. The number of nitrogens with zero attached hydrogens (tertiary/aromatic N) is 1. The Morgan fingerprint density at radius 2 is 1.53 bits per heavy atom. The van der Waals surface area contributed by atoms with Gasteiger partial charge in [0.15, 0.2) is 6.10 Å². The summed E-state index contributed by atoms with van der Waals surface area (Å²) >= 11 is 0. The van der Waals surface area contributed by atoms with E-state index in [1.54, 1.807) is 24.3 Å². The number of hydrogen-bond acceptors (Lipinski definition) is 5. The Morgan fingerprint density at radius 3 is 2.03 bits per heavy atom. The fourth-order valence-corrected chi connectivity index (χ4v) is 5.73. The lowest BCUT2D eigenvalue weighted by Gasteiger charge is -2.53. The average Bonchev–Trinajstić information content (AvgIpc) is 2.83. The van der Waals surface area contributed by atoms with Gasteiger partial charge in [-0.25, -0.2) is 9.59 Å². The Hall–Kier alpha value is -2.90. The molecule has 36 heavy (non-hydrogen) atoms. The second kappa shape index (κ2) is 10.2. The predicted molar refractivity (Wildman–Crippen MR) is 137 cm³/mol. The quantitative estimate of drug-likeness (QED) is 0.448. The highest BCUT2D eigenvalue weighted by atomic mass is 16.6. The highest BCUT2D eigenvalue weighted by Gasteiger charge is 2.51. The third-order valence-corrected chi connectivity index (χ3v) is 7.40. The molecule has 3 aliphatic rings. The lowest BCUT2D eigenvalue weighted by atomic mass is 9.82. The minimum atomic E-state index is -1.88. The fourth-order valence-electron chi connectivity index (χ4n) is 5.73. The molecule has 7 heteroatoms. The Bertz CT molecular complexity index is 1000. The molecular formula is C29H39N2O5+. The Morgan fingerprint density at radius 1 is 1.00 bits per heavy atom. The minimum Gasteiger partial charge on any atom is -0.453 e. The summed E-state index contributed by atoms with van der Waals surface area (Å²) in [7, 11) is 0. The first kappa shape index (κ1) is 26.2. The zero-order chi connectivity index (χ0) is 26.0. The van der Waals surface area contributed by atoms with Gasteiger partial charge in [0.25, 0.3) is 0 Å². The van der Waals surface area contributed by atoms with Crippen molar-refractivity contribution in [1.29, 1.82) is 0 Å². The molecule has 2 aromatic carbocycles. The van der Waals surface area contributed by atoms with Gasteiger partial charge < -0.3 is 24.4 Å². The molecule has 3 aliphatic heterocycles. The maximum absolute atomic E-state index is 13.7. The second-order valence-corrected chi connectivity index (χ2v) is 11.4. The summed E-state index contributed by atoms with van der Waals surface area (Å²) in [6.07, 6.45) is 1.20. The van der Waals surface area contributed by atoms with E-state index in [4.69, 9.17) is 9.47 Å². The van der Waals surface area contributed by atoms with Gasteiger partial charge in [0, 0.05) is 18.8 Å². The smallest absolute Gasteiger partial charge is 0.408 e. The van der Waals surface area contributed by atoms with Gasteiger partial charge in [0.2, 0.25) is 5.60 Å². The number of fused-ring (bicyclic) bond motifs is 3. The first-order valence-corrected chi connectivity index (χ1v) is 12.9. The number of rotatable bonds is 7. The largest absolute Gasteiger partial charge is 0.453 e. The van der Waals surface area contributed by atoms with E-state index in [9.17, 15) is 14.7 Å². The number of quaternary nitrogens is 1. The van der Waals surface area contributed by atoms with Crippen LogP contribution in [0.25, 0.3) is 0 Å². The topological polar surface area (TPSA) is 84.9 Å². The molecule has 3 saturated heterocycles. The van der Waals surface area contributed by atoms with Crippen LogP contribution in [0.5, 0.6) is 0 Å². The van der Waals surface area contributed by atoms with Crippen LogP contribution in [0.2, 0.25) is 0 Å². The summed E-state index contributed by atoms with van der Waals surface area (Å²) in [5.74, 6) is -0.365. The van der Waals surface area contributed by atoms with Crippen molar-refractivity contribution < 1.29 is 28.7 Å². The minimum absolute atomic E-state index is 0.0866. The van der Waals surface area contributed by atoms with E-state index in [2.05, 4.69) is 5.32 Å². The van der Waals surface area contributed by atoms with Crippen molar-refractivity contribution in [3.8, 4) is 0 Å². The van der Waals surface area contributed by atoms with E-state index in [0.717, 1.165) is 37.0 Å². The zero-order valence-electron chi connectivity index (χ0n) is 21.8. The number of aliphatic hydroxyl groups is 1. The molecule has 2 aromatic rings. The number of esters is 1. The SMILES string of the molecule is C[C@H](C[N+]12CCC(CC1)[C@@H](OC(=O)C(O)(c1ccccc1)c1ccccc1)C2)NC(=O)OC(C)(C)C. The van der Waals surface area contributed by atoms with Crippen molar-refractivity contribution in [3.05, 3.63) is 71.8 Å². The number of piperidine rings is 3. The van der Waals surface area contributed by atoms with Crippen molar-refractivity contribution in [2.75, 3.05) is 26.2 Å². The normalized spacial score (nSPS) is 24.6. The van der Waals surface area contributed by atoms with Crippen molar-refractivity contribution in [1.82, 2.24) is 5.32 Å². The highest BCUT2D eigenvalue weighted by Crippen LogP contribution is 2.38. The van der Waals surface area contributed by atoms with Crippen LogP contribution in [0, 0.1) is 5.92 Å². The third kappa shape index (κ3) is 5.73. The molecule has 0 spiro atoms.